The van der Waals surface area contributed by atoms with Crippen LogP contribution in [0.25, 0.3) is 0 Å². The zero-order valence-corrected chi connectivity index (χ0v) is 13.7. The van der Waals surface area contributed by atoms with E-state index in [-0.39, 0.29) is 0 Å². The summed E-state index contributed by atoms with van der Waals surface area (Å²) in [5.41, 5.74) is 3.57. The molecular weight excluding hydrogens is 292 g/mol. The number of rotatable bonds is 7. The quantitative estimate of drug-likeness (QED) is 0.768. The van der Waals surface area contributed by atoms with E-state index in [1.807, 2.05) is 25.1 Å². The summed E-state index contributed by atoms with van der Waals surface area (Å²) in [6, 6.07) is 18.6. The zero-order chi connectivity index (χ0) is 15.6. The summed E-state index contributed by atoms with van der Waals surface area (Å²) >= 11 is 5.14. The molecule has 0 aromatic heterocycles. The molecule has 0 atom stereocenters. The van der Waals surface area contributed by atoms with E-state index in [4.69, 9.17) is 17.0 Å². The van der Waals surface area contributed by atoms with Gasteiger partial charge in [0.2, 0.25) is 0 Å². The van der Waals surface area contributed by atoms with Crippen molar-refractivity contribution < 1.29 is 4.74 Å². The first-order valence-corrected chi connectivity index (χ1v) is 7.90. The van der Waals surface area contributed by atoms with Gasteiger partial charge in [0.15, 0.2) is 5.11 Å². The Balaban J connectivity index is 1.73. The largest absolute Gasteiger partial charge is 0.372 e. The molecule has 0 saturated carbocycles. The van der Waals surface area contributed by atoms with E-state index in [1.54, 1.807) is 0 Å². The first kappa shape index (κ1) is 16.5. The average molecular weight is 314 g/mol. The molecule has 0 aliphatic heterocycles. The van der Waals surface area contributed by atoms with Crippen LogP contribution < -0.4 is 10.6 Å². The molecule has 2 aromatic carbocycles. The number of hydrogen-bond acceptors (Lipinski definition) is 2. The molecule has 0 unspecified atom stereocenters. The number of thiocarbonyl (C=S) groups is 1. The minimum Gasteiger partial charge on any atom is -0.372 e. The second-order valence-electron chi connectivity index (χ2n) is 5.01. The second-order valence-corrected chi connectivity index (χ2v) is 5.42. The van der Waals surface area contributed by atoms with Crippen LogP contribution in [0.4, 0.5) is 0 Å². The van der Waals surface area contributed by atoms with Crippen LogP contribution in [-0.2, 0) is 24.5 Å². The van der Waals surface area contributed by atoms with Gasteiger partial charge in [0, 0.05) is 13.1 Å². The maximum Gasteiger partial charge on any atom is 0.166 e. The molecule has 2 rings (SSSR count). The lowest BCUT2D eigenvalue weighted by Gasteiger charge is -2.09. The van der Waals surface area contributed by atoms with Gasteiger partial charge in [-0.15, -0.1) is 0 Å². The Morgan fingerprint density at radius 2 is 1.45 bits per heavy atom. The normalized spacial score (nSPS) is 10.2. The highest BCUT2D eigenvalue weighted by molar-refractivity contribution is 7.80. The van der Waals surface area contributed by atoms with Crippen molar-refractivity contribution in [1.29, 1.82) is 0 Å². The molecule has 0 radical (unpaired) electrons. The fourth-order valence-electron chi connectivity index (χ4n) is 2.02. The molecule has 0 aliphatic rings. The highest BCUT2D eigenvalue weighted by Crippen LogP contribution is 2.08. The van der Waals surface area contributed by atoms with E-state index in [2.05, 4.69) is 47.0 Å². The summed E-state index contributed by atoms with van der Waals surface area (Å²) in [7, 11) is 0. The maximum absolute atomic E-state index is 5.73. The van der Waals surface area contributed by atoms with Gasteiger partial charge in [0.05, 0.1) is 13.2 Å². The van der Waals surface area contributed by atoms with Crippen molar-refractivity contribution in [1.82, 2.24) is 10.6 Å². The highest BCUT2D eigenvalue weighted by atomic mass is 32.1. The lowest BCUT2D eigenvalue weighted by atomic mass is 10.1. The molecule has 3 nitrogen and oxygen atoms in total. The first-order valence-electron chi connectivity index (χ1n) is 7.49. The van der Waals surface area contributed by atoms with Crippen molar-refractivity contribution in [3.05, 3.63) is 71.3 Å². The SMILES string of the molecule is CCNC(=S)NCc1ccc(COCc2ccccc2)cc1. The summed E-state index contributed by atoms with van der Waals surface area (Å²) in [6.45, 7) is 4.86. The Kier molecular flexibility index (Phi) is 6.87. The van der Waals surface area contributed by atoms with E-state index in [9.17, 15) is 0 Å². The van der Waals surface area contributed by atoms with Crippen LogP contribution in [0.2, 0.25) is 0 Å². The third-order valence-electron chi connectivity index (χ3n) is 3.19. The Morgan fingerprint density at radius 1 is 0.864 bits per heavy atom. The van der Waals surface area contributed by atoms with Crippen molar-refractivity contribution >= 4 is 17.3 Å². The van der Waals surface area contributed by atoms with Gasteiger partial charge < -0.3 is 15.4 Å². The lowest BCUT2D eigenvalue weighted by Crippen LogP contribution is -2.34. The fraction of sp³-hybridized carbons (Fsp3) is 0.278. The summed E-state index contributed by atoms with van der Waals surface area (Å²) in [4.78, 5) is 0. The van der Waals surface area contributed by atoms with Gasteiger partial charge in [-0.05, 0) is 35.8 Å². The minimum atomic E-state index is 0.623. The molecule has 0 spiro atoms. The third kappa shape index (κ3) is 5.84. The Labute approximate surface area is 137 Å². The Morgan fingerprint density at radius 3 is 2.09 bits per heavy atom. The predicted octanol–water partition coefficient (Wildman–Crippen LogP) is 3.39. The average Bonchev–Trinajstić information content (AvgIpc) is 2.55. The van der Waals surface area contributed by atoms with Crippen LogP contribution in [-0.4, -0.2) is 11.7 Å². The predicted molar refractivity (Wildman–Crippen MR) is 94.5 cm³/mol. The van der Waals surface area contributed by atoms with Crippen LogP contribution in [0.15, 0.2) is 54.6 Å². The van der Waals surface area contributed by atoms with Gasteiger partial charge in [0.1, 0.15) is 0 Å². The van der Waals surface area contributed by atoms with Crippen LogP contribution in [0.3, 0.4) is 0 Å². The monoisotopic (exact) mass is 314 g/mol. The number of benzene rings is 2. The molecule has 4 heteroatoms. The van der Waals surface area contributed by atoms with Gasteiger partial charge >= 0.3 is 0 Å². The van der Waals surface area contributed by atoms with Crippen LogP contribution in [0.1, 0.15) is 23.6 Å². The number of ether oxygens (including phenoxy) is 1. The van der Waals surface area contributed by atoms with Crippen LogP contribution in [0, 0.1) is 0 Å². The molecule has 0 heterocycles. The molecule has 0 saturated heterocycles. The third-order valence-corrected chi connectivity index (χ3v) is 3.48. The molecule has 0 fully saturated rings. The molecule has 0 amide bonds. The van der Waals surface area contributed by atoms with Crippen molar-refractivity contribution in [2.24, 2.45) is 0 Å². The maximum atomic E-state index is 5.73. The van der Waals surface area contributed by atoms with Crippen molar-refractivity contribution in [2.75, 3.05) is 6.54 Å². The molecule has 0 bridgehead atoms. The number of nitrogens with one attached hydrogen (secondary N) is 2. The Bertz CT molecular complexity index is 569. The topological polar surface area (TPSA) is 33.3 Å². The zero-order valence-electron chi connectivity index (χ0n) is 12.8. The van der Waals surface area contributed by atoms with Gasteiger partial charge in [0.25, 0.3) is 0 Å². The van der Waals surface area contributed by atoms with E-state index in [0.717, 1.165) is 13.1 Å². The minimum absolute atomic E-state index is 0.623. The Hall–Kier alpha value is -1.91. The van der Waals surface area contributed by atoms with Gasteiger partial charge in [-0.25, -0.2) is 0 Å². The summed E-state index contributed by atoms with van der Waals surface area (Å²) < 4.78 is 5.73. The van der Waals surface area contributed by atoms with E-state index in [0.29, 0.717) is 18.3 Å². The van der Waals surface area contributed by atoms with Crippen LogP contribution in [0.5, 0.6) is 0 Å². The summed E-state index contributed by atoms with van der Waals surface area (Å²) in [6.07, 6.45) is 0. The van der Waals surface area contributed by atoms with Crippen LogP contribution >= 0.6 is 12.2 Å². The first-order chi connectivity index (χ1) is 10.8. The summed E-state index contributed by atoms with van der Waals surface area (Å²) in [5, 5.41) is 6.94. The van der Waals surface area contributed by atoms with Crippen molar-refractivity contribution in [2.45, 2.75) is 26.7 Å². The van der Waals surface area contributed by atoms with Crippen molar-refractivity contribution in [3.8, 4) is 0 Å². The van der Waals surface area contributed by atoms with Crippen molar-refractivity contribution in [3.63, 3.8) is 0 Å². The molecular formula is C18H22N2OS. The van der Waals surface area contributed by atoms with E-state index in [1.165, 1.54) is 16.7 Å². The number of hydrogen-bond donors (Lipinski definition) is 2. The fourth-order valence-corrected chi connectivity index (χ4v) is 2.24. The molecule has 0 aliphatic carbocycles. The standard InChI is InChI=1S/C18H22N2OS/c1-2-19-18(22)20-12-15-8-10-17(11-9-15)14-21-13-16-6-4-3-5-7-16/h3-11H,2,12-14H2,1H3,(H2,19,20,22). The van der Waals surface area contributed by atoms with Gasteiger partial charge in [-0.1, -0.05) is 54.6 Å². The van der Waals surface area contributed by atoms with Gasteiger partial charge in [-0.3, -0.25) is 0 Å². The van der Waals surface area contributed by atoms with E-state index < -0.39 is 0 Å². The summed E-state index contributed by atoms with van der Waals surface area (Å²) in [5.74, 6) is 0. The molecule has 116 valence electrons. The molecule has 22 heavy (non-hydrogen) atoms. The molecule has 2 aromatic rings. The smallest absolute Gasteiger partial charge is 0.166 e. The van der Waals surface area contributed by atoms with E-state index >= 15 is 0 Å². The lowest BCUT2D eigenvalue weighted by molar-refractivity contribution is 0.107. The van der Waals surface area contributed by atoms with Gasteiger partial charge in [-0.2, -0.15) is 0 Å². The second kappa shape index (κ2) is 9.18. The molecule has 2 N–H and O–H groups in total. The highest BCUT2D eigenvalue weighted by Gasteiger charge is 1.98.